The summed E-state index contributed by atoms with van der Waals surface area (Å²) in [6.07, 6.45) is 4.07. The smallest absolute Gasteiger partial charge is 0.495 e. The molecule has 4 nitrogen and oxygen atoms in total. The highest BCUT2D eigenvalue weighted by Gasteiger charge is 2.37. The third-order valence-electron chi connectivity index (χ3n) is 3.38. The molecule has 2 aromatic rings. The number of ether oxygens (including phenoxy) is 1. The van der Waals surface area contributed by atoms with Gasteiger partial charge in [-0.05, 0) is 29.3 Å². The van der Waals surface area contributed by atoms with Crippen LogP contribution in [-0.2, 0) is 11.1 Å². The average Bonchev–Trinajstić information content (AvgIpc) is 2.77. The standard InChI is InChI=1S/C14H14BNO3/c1-18-12-4-2-3-11-13(19-15(17)14(11)12)9-10-5-7-16-8-6-10/h2-8,13,17H,9H2,1H3. The van der Waals surface area contributed by atoms with E-state index in [0.29, 0.717) is 12.2 Å². The molecule has 0 radical (unpaired) electrons. The van der Waals surface area contributed by atoms with Crippen molar-refractivity contribution in [2.45, 2.75) is 12.5 Å². The van der Waals surface area contributed by atoms with Crippen LogP contribution in [0.15, 0.2) is 42.7 Å². The Morgan fingerprint density at radius 1 is 1.32 bits per heavy atom. The van der Waals surface area contributed by atoms with Gasteiger partial charge in [0.05, 0.1) is 13.2 Å². The minimum Gasteiger partial charge on any atom is -0.497 e. The van der Waals surface area contributed by atoms with E-state index in [0.717, 1.165) is 16.6 Å². The molecule has 1 aliphatic rings. The van der Waals surface area contributed by atoms with Crippen LogP contribution < -0.4 is 10.2 Å². The van der Waals surface area contributed by atoms with Crippen LogP contribution in [0, 0.1) is 0 Å². The molecule has 1 N–H and O–H groups in total. The molecule has 1 aliphatic heterocycles. The maximum atomic E-state index is 10.0. The van der Waals surface area contributed by atoms with Crippen LogP contribution in [0.2, 0.25) is 0 Å². The first-order chi connectivity index (χ1) is 9.29. The van der Waals surface area contributed by atoms with Gasteiger partial charge in [-0.15, -0.1) is 0 Å². The lowest BCUT2D eigenvalue weighted by Crippen LogP contribution is -2.29. The Balaban J connectivity index is 1.92. The third kappa shape index (κ3) is 2.22. The molecule has 0 fully saturated rings. The highest BCUT2D eigenvalue weighted by atomic mass is 16.5. The van der Waals surface area contributed by atoms with Gasteiger partial charge in [0, 0.05) is 24.3 Å². The molecule has 3 rings (SSSR count). The molecule has 0 spiro atoms. The van der Waals surface area contributed by atoms with Crippen molar-refractivity contribution in [3.8, 4) is 5.75 Å². The Labute approximate surface area is 112 Å². The quantitative estimate of drug-likeness (QED) is 0.834. The van der Waals surface area contributed by atoms with Gasteiger partial charge in [-0.1, -0.05) is 12.1 Å². The van der Waals surface area contributed by atoms with Crippen molar-refractivity contribution in [1.29, 1.82) is 0 Å². The molecule has 0 bridgehead atoms. The largest absolute Gasteiger partial charge is 0.497 e. The Morgan fingerprint density at radius 2 is 2.11 bits per heavy atom. The zero-order valence-electron chi connectivity index (χ0n) is 10.6. The highest BCUT2D eigenvalue weighted by molar-refractivity contribution is 6.62. The van der Waals surface area contributed by atoms with Gasteiger partial charge < -0.3 is 14.4 Å². The van der Waals surface area contributed by atoms with E-state index in [2.05, 4.69) is 4.98 Å². The van der Waals surface area contributed by atoms with Gasteiger partial charge in [0.1, 0.15) is 5.75 Å². The number of hydrogen-bond donors (Lipinski definition) is 1. The number of benzene rings is 1. The van der Waals surface area contributed by atoms with Crippen molar-refractivity contribution in [2.75, 3.05) is 7.11 Å². The van der Waals surface area contributed by atoms with Crippen molar-refractivity contribution >= 4 is 12.6 Å². The van der Waals surface area contributed by atoms with Gasteiger partial charge in [0.2, 0.25) is 0 Å². The number of rotatable bonds is 3. The molecule has 0 aliphatic carbocycles. The predicted molar refractivity (Wildman–Crippen MR) is 72.4 cm³/mol. The van der Waals surface area contributed by atoms with Crippen LogP contribution in [0.5, 0.6) is 5.75 Å². The molecule has 19 heavy (non-hydrogen) atoms. The number of hydrogen-bond acceptors (Lipinski definition) is 4. The zero-order valence-corrected chi connectivity index (χ0v) is 10.6. The second-order valence-electron chi connectivity index (χ2n) is 4.50. The second-order valence-corrected chi connectivity index (χ2v) is 4.50. The maximum Gasteiger partial charge on any atom is 0.495 e. The minimum absolute atomic E-state index is 0.150. The lowest BCUT2D eigenvalue weighted by molar-refractivity contribution is 0.191. The van der Waals surface area contributed by atoms with Crippen molar-refractivity contribution in [3.05, 3.63) is 53.9 Å². The monoisotopic (exact) mass is 255 g/mol. The molecule has 1 unspecified atom stereocenters. The second kappa shape index (κ2) is 5.03. The molecule has 0 saturated carbocycles. The normalized spacial score (nSPS) is 17.4. The van der Waals surface area contributed by atoms with Gasteiger partial charge in [0.25, 0.3) is 0 Å². The molecule has 1 aromatic carbocycles. The lowest BCUT2D eigenvalue weighted by atomic mass is 9.78. The predicted octanol–water partition coefficient (Wildman–Crippen LogP) is 1.09. The van der Waals surface area contributed by atoms with Crippen LogP contribution in [-0.4, -0.2) is 24.2 Å². The maximum absolute atomic E-state index is 10.0. The molecule has 96 valence electrons. The summed E-state index contributed by atoms with van der Waals surface area (Å²) < 4.78 is 10.9. The number of pyridine rings is 1. The topological polar surface area (TPSA) is 51.6 Å². The van der Waals surface area contributed by atoms with Crippen LogP contribution in [0.25, 0.3) is 0 Å². The molecule has 2 heterocycles. The van der Waals surface area contributed by atoms with Gasteiger partial charge >= 0.3 is 7.12 Å². The number of methoxy groups -OCH3 is 1. The molecule has 0 saturated heterocycles. The first kappa shape index (κ1) is 12.2. The third-order valence-corrected chi connectivity index (χ3v) is 3.38. The lowest BCUT2D eigenvalue weighted by Gasteiger charge is -2.12. The Hall–Kier alpha value is -1.85. The van der Waals surface area contributed by atoms with E-state index in [1.165, 1.54) is 0 Å². The summed E-state index contributed by atoms with van der Waals surface area (Å²) in [5.74, 6) is 0.669. The summed E-state index contributed by atoms with van der Waals surface area (Å²) in [6, 6.07) is 9.63. The fourth-order valence-corrected chi connectivity index (χ4v) is 2.47. The summed E-state index contributed by atoms with van der Waals surface area (Å²) in [5, 5.41) is 10.0. The van der Waals surface area contributed by atoms with Gasteiger partial charge in [-0.3, -0.25) is 4.98 Å². The molecular weight excluding hydrogens is 241 g/mol. The van der Waals surface area contributed by atoms with Crippen LogP contribution in [0.3, 0.4) is 0 Å². The molecule has 1 aromatic heterocycles. The summed E-state index contributed by atoms with van der Waals surface area (Å²) in [5.41, 5.74) is 2.86. The average molecular weight is 255 g/mol. The van der Waals surface area contributed by atoms with E-state index in [4.69, 9.17) is 9.39 Å². The molecular formula is C14H14BNO3. The SMILES string of the molecule is COc1cccc2c1B(O)OC2Cc1ccncc1. The Bertz CT molecular complexity index is 576. The number of fused-ring (bicyclic) bond motifs is 1. The number of aromatic nitrogens is 1. The first-order valence-electron chi connectivity index (χ1n) is 6.19. The van der Waals surface area contributed by atoms with E-state index in [1.54, 1.807) is 19.5 Å². The van der Waals surface area contributed by atoms with Crippen molar-refractivity contribution in [3.63, 3.8) is 0 Å². The molecule has 0 amide bonds. The Morgan fingerprint density at radius 3 is 2.84 bits per heavy atom. The van der Waals surface area contributed by atoms with E-state index < -0.39 is 7.12 Å². The van der Waals surface area contributed by atoms with Gasteiger partial charge in [-0.25, -0.2) is 0 Å². The highest BCUT2D eigenvalue weighted by Crippen LogP contribution is 2.30. The van der Waals surface area contributed by atoms with Gasteiger partial charge in [-0.2, -0.15) is 0 Å². The van der Waals surface area contributed by atoms with Crippen molar-refractivity contribution < 1.29 is 14.4 Å². The van der Waals surface area contributed by atoms with E-state index in [9.17, 15) is 5.02 Å². The van der Waals surface area contributed by atoms with Crippen LogP contribution in [0.4, 0.5) is 0 Å². The number of nitrogens with zero attached hydrogens (tertiary/aromatic N) is 1. The minimum atomic E-state index is -0.919. The first-order valence-corrected chi connectivity index (χ1v) is 6.19. The molecule has 1 atom stereocenters. The fourth-order valence-electron chi connectivity index (χ4n) is 2.47. The zero-order chi connectivity index (χ0) is 13.2. The molecule has 5 heteroatoms. The van der Waals surface area contributed by atoms with Gasteiger partial charge in [0.15, 0.2) is 0 Å². The summed E-state index contributed by atoms with van der Waals surface area (Å²) in [6.45, 7) is 0. The summed E-state index contributed by atoms with van der Waals surface area (Å²) in [7, 11) is 0.677. The van der Waals surface area contributed by atoms with Crippen LogP contribution in [0.1, 0.15) is 17.2 Å². The van der Waals surface area contributed by atoms with E-state index in [-0.39, 0.29) is 6.10 Å². The fraction of sp³-hybridized carbons (Fsp3) is 0.214. The summed E-state index contributed by atoms with van der Waals surface area (Å²) in [4.78, 5) is 4.00. The Kier molecular flexibility index (Phi) is 3.23. The van der Waals surface area contributed by atoms with E-state index in [1.807, 2.05) is 30.3 Å². The summed E-state index contributed by atoms with van der Waals surface area (Å²) >= 11 is 0. The van der Waals surface area contributed by atoms with Crippen LogP contribution >= 0.6 is 0 Å². The van der Waals surface area contributed by atoms with Crippen molar-refractivity contribution in [2.24, 2.45) is 0 Å². The van der Waals surface area contributed by atoms with Crippen molar-refractivity contribution in [1.82, 2.24) is 4.98 Å². The van der Waals surface area contributed by atoms with E-state index >= 15 is 0 Å².